The molecule has 0 saturated heterocycles. The molecule has 2 aromatic heterocycles. The molecular formula is C22H20Br2N4S2. The van der Waals surface area contributed by atoms with Gasteiger partial charge in [0.1, 0.15) is 0 Å². The number of aliphatic imine (C=N–C) groups is 2. The van der Waals surface area contributed by atoms with Crippen LogP contribution in [-0.2, 0) is 0 Å². The third kappa shape index (κ3) is 5.60. The van der Waals surface area contributed by atoms with Gasteiger partial charge in [0.2, 0.25) is 0 Å². The van der Waals surface area contributed by atoms with Gasteiger partial charge in [0, 0.05) is 91.3 Å². The number of halogens is 2. The highest BCUT2D eigenvalue weighted by Gasteiger charge is 2.02. The molecule has 4 rings (SSSR count). The molecule has 0 radical (unpaired) electrons. The van der Waals surface area contributed by atoms with Crippen molar-refractivity contribution in [3.63, 3.8) is 0 Å². The number of benzene rings is 2. The smallest absolute Gasteiger partial charge is 0.0488 e. The van der Waals surface area contributed by atoms with Crippen LogP contribution in [0.2, 0.25) is 0 Å². The molecule has 0 fully saturated rings. The van der Waals surface area contributed by atoms with Crippen molar-refractivity contribution in [1.82, 2.24) is 9.97 Å². The standard InChI is InChI=1S/C22H20Br2N4S2/c23-17-1-3-19-15(13-27-21(19)9-17)11-25-5-7-29-30-8-6-26-12-16-14-28-22-10-18(24)2-4-20(16)22/h1-4,9-14,27-28H,5-8H2. The van der Waals surface area contributed by atoms with Gasteiger partial charge in [-0.2, -0.15) is 0 Å². The number of fused-ring (bicyclic) bond motifs is 2. The molecule has 0 aliphatic heterocycles. The van der Waals surface area contributed by atoms with E-state index in [9.17, 15) is 0 Å². The van der Waals surface area contributed by atoms with Crippen LogP contribution in [0.15, 0.2) is 67.7 Å². The fourth-order valence-corrected chi connectivity index (χ4v) is 5.55. The molecule has 0 spiro atoms. The van der Waals surface area contributed by atoms with E-state index in [1.165, 1.54) is 10.8 Å². The fourth-order valence-electron chi connectivity index (χ4n) is 3.08. The number of nitrogens with one attached hydrogen (secondary N) is 2. The third-order valence-corrected chi connectivity index (χ3v) is 7.85. The summed E-state index contributed by atoms with van der Waals surface area (Å²) in [5.41, 5.74) is 4.51. The maximum atomic E-state index is 4.56. The van der Waals surface area contributed by atoms with Gasteiger partial charge >= 0.3 is 0 Å². The van der Waals surface area contributed by atoms with E-state index in [1.807, 2.05) is 46.4 Å². The number of hydrogen-bond donors (Lipinski definition) is 2. The predicted molar refractivity (Wildman–Crippen MR) is 142 cm³/mol. The fraction of sp³-hybridized carbons (Fsp3) is 0.182. The van der Waals surface area contributed by atoms with Gasteiger partial charge in [0.05, 0.1) is 0 Å². The number of H-pyrrole nitrogens is 2. The minimum absolute atomic E-state index is 0.815. The Hall–Kier alpha value is -1.48. The van der Waals surface area contributed by atoms with Crippen LogP contribution in [0.5, 0.6) is 0 Å². The van der Waals surface area contributed by atoms with Crippen molar-refractivity contribution < 1.29 is 0 Å². The van der Waals surface area contributed by atoms with E-state index in [0.717, 1.165) is 55.7 Å². The summed E-state index contributed by atoms with van der Waals surface area (Å²) in [4.78, 5) is 15.7. The lowest BCUT2D eigenvalue weighted by molar-refractivity contribution is 1.15. The van der Waals surface area contributed by atoms with Crippen molar-refractivity contribution in [1.29, 1.82) is 0 Å². The maximum absolute atomic E-state index is 4.56. The van der Waals surface area contributed by atoms with E-state index in [4.69, 9.17) is 0 Å². The molecule has 0 aliphatic rings. The summed E-state index contributed by atoms with van der Waals surface area (Å²) in [5.74, 6) is 1.99. The quantitative estimate of drug-likeness (QED) is 0.130. The normalized spacial score (nSPS) is 12.2. The van der Waals surface area contributed by atoms with E-state index < -0.39 is 0 Å². The van der Waals surface area contributed by atoms with Crippen LogP contribution >= 0.6 is 53.4 Å². The first-order chi connectivity index (χ1) is 14.7. The molecule has 0 unspecified atom stereocenters. The molecule has 0 aliphatic carbocycles. The largest absolute Gasteiger partial charge is 0.360 e. The molecule has 8 heteroatoms. The van der Waals surface area contributed by atoms with Crippen molar-refractivity contribution in [2.24, 2.45) is 9.98 Å². The van der Waals surface area contributed by atoms with Crippen molar-refractivity contribution in [3.8, 4) is 0 Å². The summed E-state index contributed by atoms with van der Waals surface area (Å²) in [7, 11) is 3.70. The van der Waals surface area contributed by atoms with E-state index in [1.54, 1.807) is 0 Å². The second-order valence-corrected chi connectivity index (χ2v) is 11.1. The predicted octanol–water partition coefficient (Wildman–Crippen LogP) is 7.09. The van der Waals surface area contributed by atoms with Crippen molar-refractivity contribution in [2.75, 3.05) is 24.6 Å². The van der Waals surface area contributed by atoms with Crippen LogP contribution in [0.3, 0.4) is 0 Å². The van der Waals surface area contributed by atoms with Gasteiger partial charge < -0.3 is 9.97 Å². The first-order valence-electron chi connectivity index (χ1n) is 9.48. The highest BCUT2D eigenvalue weighted by Crippen LogP contribution is 2.23. The SMILES string of the molecule is Brc1ccc2c(C=NCCSSCCN=Cc3c[nH]c4cc(Br)ccc34)c[nH]c2c1. The minimum atomic E-state index is 0.815. The van der Waals surface area contributed by atoms with Crippen LogP contribution in [0.25, 0.3) is 21.8 Å². The first kappa shape index (κ1) is 21.7. The molecule has 30 heavy (non-hydrogen) atoms. The van der Waals surface area contributed by atoms with Crippen molar-refractivity contribution >= 4 is 87.7 Å². The Morgan fingerprint density at radius 3 is 1.67 bits per heavy atom. The summed E-state index contributed by atoms with van der Waals surface area (Å²) in [5, 5.41) is 2.40. The van der Waals surface area contributed by atoms with Crippen LogP contribution in [0.4, 0.5) is 0 Å². The molecule has 2 N–H and O–H groups in total. The monoisotopic (exact) mass is 562 g/mol. The highest BCUT2D eigenvalue weighted by molar-refractivity contribution is 9.10. The molecule has 0 amide bonds. The molecule has 2 aromatic carbocycles. The molecule has 4 aromatic rings. The average Bonchev–Trinajstić information content (AvgIpc) is 3.32. The number of aromatic nitrogens is 2. The minimum Gasteiger partial charge on any atom is -0.360 e. The topological polar surface area (TPSA) is 56.3 Å². The van der Waals surface area contributed by atoms with Crippen LogP contribution in [0.1, 0.15) is 11.1 Å². The molecular weight excluding hydrogens is 544 g/mol. The van der Waals surface area contributed by atoms with Crippen LogP contribution < -0.4 is 0 Å². The maximum Gasteiger partial charge on any atom is 0.0488 e. The molecule has 4 nitrogen and oxygen atoms in total. The molecule has 0 saturated carbocycles. The van der Waals surface area contributed by atoms with Gasteiger partial charge in [-0.25, -0.2) is 0 Å². The summed E-state index contributed by atoms with van der Waals surface area (Å²) in [6.45, 7) is 1.63. The van der Waals surface area contributed by atoms with Gasteiger partial charge in [0.25, 0.3) is 0 Å². The van der Waals surface area contributed by atoms with Crippen molar-refractivity contribution in [3.05, 3.63) is 68.9 Å². The molecule has 2 heterocycles. The molecule has 0 bridgehead atoms. The van der Waals surface area contributed by atoms with Gasteiger partial charge in [-0.1, -0.05) is 65.6 Å². The number of nitrogens with zero attached hydrogens (tertiary/aromatic N) is 2. The zero-order valence-corrected chi connectivity index (χ0v) is 20.9. The summed E-state index contributed by atoms with van der Waals surface area (Å²) in [6, 6.07) is 12.5. The average molecular weight is 564 g/mol. The number of rotatable bonds is 9. The van der Waals surface area contributed by atoms with Crippen LogP contribution in [0, 0.1) is 0 Å². The lowest BCUT2D eigenvalue weighted by Gasteiger charge is -1.97. The Labute approximate surface area is 200 Å². The number of aromatic amines is 2. The van der Waals surface area contributed by atoms with Gasteiger partial charge in [-0.05, 0) is 24.3 Å². The zero-order valence-electron chi connectivity index (χ0n) is 16.1. The summed E-state index contributed by atoms with van der Waals surface area (Å²) in [6.07, 6.45) is 7.93. The van der Waals surface area contributed by atoms with E-state index in [0.29, 0.717) is 0 Å². The molecule has 154 valence electrons. The van der Waals surface area contributed by atoms with E-state index in [2.05, 4.69) is 88.2 Å². The zero-order chi connectivity index (χ0) is 20.8. The Morgan fingerprint density at radius 2 is 1.20 bits per heavy atom. The Morgan fingerprint density at radius 1 is 0.733 bits per heavy atom. The second-order valence-electron chi connectivity index (χ2n) is 6.58. The lowest BCUT2D eigenvalue weighted by Crippen LogP contribution is -1.88. The summed E-state index contributed by atoms with van der Waals surface area (Å²) < 4.78 is 2.15. The number of hydrogen-bond acceptors (Lipinski definition) is 4. The van der Waals surface area contributed by atoms with E-state index in [-0.39, 0.29) is 0 Å². The first-order valence-corrected chi connectivity index (χ1v) is 13.6. The third-order valence-electron chi connectivity index (χ3n) is 4.50. The Kier molecular flexibility index (Phi) is 7.76. The van der Waals surface area contributed by atoms with Gasteiger partial charge in [0.15, 0.2) is 0 Å². The van der Waals surface area contributed by atoms with E-state index >= 15 is 0 Å². The highest BCUT2D eigenvalue weighted by atomic mass is 79.9. The van der Waals surface area contributed by atoms with Gasteiger partial charge in [-0.3, -0.25) is 9.98 Å². The Balaban J connectivity index is 1.14. The Bertz CT molecular complexity index is 1100. The second kappa shape index (κ2) is 10.7. The van der Waals surface area contributed by atoms with Crippen LogP contribution in [-0.4, -0.2) is 47.0 Å². The lowest BCUT2D eigenvalue weighted by atomic mass is 10.2. The van der Waals surface area contributed by atoms with Gasteiger partial charge in [-0.15, -0.1) is 0 Å². The molecule has 0 atom stereocenters. The van der Waals surface area contributed by atoms with Crippen molar-refractivity contribution in [2.45, 2.75) is 0 Å². The summed E-state index contributed by atoms with van der Waals surface area (Å²) >= 11 is 6.99.